The lowest BCUT2D eigenvalue weighted by molar-refractivity contribution is 0.0564. The number of urea groups is 1. The molecule has 1 aromatic carbocycles. The van der Waals surface area contributed by atoms with Crippen LogP contribution in [-0.4, -0.2) is 51.6 Å². The number of pyridine rings is 1. The summed E-state index contributed by atoms with van der Waals surface area (Å²) in [6.07, 6.45) is 3.90. The number of anilines is 1. The molecule has 0 bridgehead atoms. The lowest BCUT2D eigenvalue weighted by Crippen LogP contribution is -2.43. The summed E-state index contributed by atoms with van der Waals surface area (Å²) >= 11 is 1.42. The van der Waals surface area contributed by atoms with Gasteiger partial charge in [0.15, 0.2) is 5.13 Å². The number of morpholine rings is 1. The number of carbonyl (C=O) groups excluding carboxylic acids is 1. The summed E-state index contributed by atoms with van der Waals surface area (Å²) < 4.78 is 7.40. The van der Waals surface area contributed by atoms with Crippen molar-refractivity contribution in [3.8, 4) is 27.8 Å². The normalized spacial score (nSPS) is 13.8. The first-order valence-corrected chi connectivity index (χ1v) is 11.4. The highest BCUT2D eigenvalue weighted by atomic mass is 32.1. The van der Waals surface area contributed by atoms with Crippen LogP contribution in [0, 0.1) is 25.2 Å². The first-order chi connectivity index (χ1) is 16.0. The van der Waals surface area contributed by atoms with E-state index in [2.05, 4.69) is 26.8 Å². The molecule has 0 unspecified atom stereocenters. The number of rotatable bonds is 3. The third-order valence-electron chi connectivity index (χ3n) is 5.64. The lowest BCUT2D eigenvalue weighted by Gasteiger charge is -2.26. The highest BCUT2D eigenvalue weighted by molar-refractivity contribution is 7.19. The molecule has 166 valence electrons. The van der Waals surface area contributed by atoms with Gasteiger partial charge in [-0.15, -0.1) is 0 Å². The average Bonchev–Trinajstić information content (AvgIpc) is 3.43. The number of aryl methyl sites for hydroxylation is 2. The molecule has 0 atom stereocenters. The fourth-order valence-electron chi connectivity index (χ4n) is 3.94. The van der Waals surface area contributed by atoms with Crippen LogP contribution in [0.5, 0.6) is 0 Å². The molecule has 3 aromatic heterocycles. The van der Waals surface area contributed by atoms with Gasteiger partial charge in [0.25, 0.3) is 0 Å². The van der Waals surface area contributed by atoms with Crippen LogP contribution in [0.3, 0.4) is 0 Å². The van der Waals surface area contributed by atoms with Crippen molar-refractivity contribution < 1.29 is 9.53 Å². The van der Waals surface area contributed by atoms with Crippen LogP contribution in [0.25, 0.3) is 27.3 Å². The summed E-state index contributed by atoms with van der Waals surface area (Å²) in [5.41, 5.74) is 6.08. The van der Waals surface area contributed by atoms with Crippen LogP contribution in [0.15, 0.2) is 42.7 Å². The average molecular weight is 459 g/mol. The zero-order valence-electron chi connectivity index (χ0n) is 18.3. The Kier molecular flexibility index (Phi) is 5.54. The van der Waals surface area contributed by atoms with Crippen molar-refractivity contribution in [2.45, 2.75) is 13.8 Å². The molecule has 0 spiro atoms. The topological polar surface area (TPSA) is 95.5 Å². The molecule has 4 heterocycles. The molecular formula is C24H22N6O2S. The molecule has 0 saturated carbocycles. The molecule has 9 heteroatoms. The van der Waals surface area contributed by atoms with Crippen LogP contribution in [0.2, 0.25) is 0 Å². The molecule has 33 heavy (non-hydrogen) atoms. The zero-order chi connectivity index (χ0) is 22.9. The monoisotopic (exact) mass is 458 g/mol. The predicted molar refractivity (Wildman–Crippen MR) is 127 cm³/mol. The van der Waals surface area contributed by atoms with E-state index in [4.69, 9.17) is 9.72 Å². The van der Waals surface area contributed by atoms with Gasteiger partial charge in [0.2, 0.25) is 0 Å². The Morgan fingerprint density at radius 3 is 2.82 bits per heavy atom. The Balaban J connectivity index is 1.60. The second-order valence-electron chi connectivity index (χ2n) is 7.92. The molecule has 2 amide bonds. The van der Waals surface area contributed by atoms with Crippen molar-refractivity contribution >= 4 is 28.1 Å². The highest BCUT2D eigenvalue weighted by Crippen LogP contribution is 2.40. The van der Waals surface area contributed by atoms with E-state index in [1.165, 1.54) is 11.3 Å². The number of benzene rings is 1. The summed E-state index contributed by atoms with van der Waals surface area (Å²) in [5, 5.41) is 12.8. The number of aromatic nitrogens is 3. The van der Waals surface area contributed by atoms with E-state index in [1.54, 1.807) is 11.0 Å². The first-order valence-electron chi connectivity index (χ1n) is 10.6. The standard InChI is InChI=1S/C24H22N6O2S/c1-15-10-19(14-30-16(2)13-26-22(15)30)21-20(18-5-3-4-17(11-18)12-25)27-23(33-21)28-24(31)29-6-8-32-9-7-29/h3-5,10-11,13-14H,6-9H2,1-2H3,(H,27,28,31). The van der Waals surface area contributed by atoms with Gasteiger partial charge in [0.1, 0.15) is 5.65 Å². The van der Waals surface area contributed by atoms with Gasteiger partial charge in [-0.25, -0.2) is 14.8 Å². The van der Waals surface area contributed by atoms with Gasteiger partial charge in [0, 0.05) is 42.3 Å². The van der Waals surface area contributed by atoms with Crippen LogP contribution in [-0.2, 0) is 4.74 Å². The zero-order valence-corrected chi connectivity index (χ0v) is 19.1. The molecule has 1 N–H and O–H groups in total. The minimum Gasteiger partial charge on any atom is -0.378 e. The summed E-state index contributed by atoms with van der Waals surface area (Å²) in [6.45, 7) is 6.22. The van der Waals surface area contributed by atoms with E-state index >= 15 is 0 Å². The van der Waals surface area contributed by atoms with Gasteiger partial charge in [-0.3, -0.25) is 5.32 Å². The van der Waals surface area contributed by atoms with Crippen LogP contribution < -0.4 is 5.32 Å². The SMILES string of the molecule is Cc1cc(-c2sc(NC(=O)N3CCOCC3)nc2-c2cccc(C#N)c2)cn2c(C)cnc12. The third-order valence-corrected chi connectivity index (χ3v) is 6.66. The minimum atomic E-state index is -0.187. The van der Waals surface area contributed by atoms with Gasteiger partial charge in [0.05, 0.1) is 35.4 Å². The smallest absolute Gasteiger partial charge is 0.323 e. The minimum absolute atomic E-state index is 0.187. The number of hydrogen-bond acceptors (Lipinski definition) is 6. The predicted octanol–water partition coefficient (Wildman–Crippen LogP) is 4.48. The van der Waals surface area contributed by atoms with Crippen molar-refractivity contribution in [2.24, 2.45) is 0 Å². The first kappa shape index (κ1) is 21.1. The molecule has 1 saturated heterocycles. The Labute approximate surface area is 195 Å². The van der Waals surface area contributed by atoms with Gasteiger partial charge >= 0.3 is 6.03 Å². The Bertz CT molecular complexity index is 1390. The number of amides is 2. The van der Waals surface area contributed by atoms with E-state index in [0.29, 0.717) is 37.0 Å². The highest BCUT2D eigenvalue weighted by Gasteiger charge is 2.21. The maximum Gasteiger partial charge on any atom is 0.323 e. The van der Waals surface area contributed by atoms with E-state index < -0.39 is 0 Å². The molecule has 5 rings (SSSR count). The lowest BCUT2D eigenvalue weighted by atomic mass is 10.0. The van der Waals surface area contributed by atoms with E-state index in [-0.39, 0.29) is 6.03 Å². The fraction of sp³-hybridized carbons (Fsp3) is 0.250. The largest absolute Gasteiger partial charge is 0.378 e. The summed E-state index contributed by atoms with van der Waals surface area (Å²) in [7, 11) is 0. The van der Waals surface area contributed by atoms with Crippen molar-refractivity contribution in [1.29, 1.82) is 5.26 Å². The second kappa shape index (κ2) is 8.65. The Morgan fingerprint density at radius 2 is 2.03 bits per heavy atom. The summed E-state index contributed by atoms with van der Waals surface area (Å²) in [4.78, 5) is 24.7. The van der Waals surface area contributed by atoms with Gasteiger partial charge < -0.3 is 14.0 Å². The van der Waals surface area contributed by atoms with Crippen LogP contribution in [0.1, 0.15) is 16.8 Å². The number of ether oxygens (including phenoxy) is 1. The molecule has 0 aliphatic carbocycles. The number of carbonyl (C=O) groups is 1. The number of imidazole rings is 1. The summed E-state index contributed by atoms with van der Waals surface area (Å²) in [6, 6.07) is 11.4. The van der Waals surface area contributed by atoms with Crippen molar-refractivity contribution in [3.63, 3.8) is 0 Å². The molecular weight excluding hydrogens is 436 g/mol. The van der Waals surface area contributed by atoms with Gasteiger partial charge in [-0.2, -0.15) is 5.26 Å². The quantitative estimate of drug-likeness (QED) is 0.488. The van der Waals surface area contributed by atoms with Crippen LogP contribution in [0.4, 0.5) is 9.93 Å². The van der Waals surface area contributed by atoms with E-state index in [1.807, 2.05) is 44.4 Å². The van der Waals surface area contributed by atoms with Crippen molar-refractivity contribution in [2.75, 3.05) is 31.6 Å². The number of nitrogens with one attached hydrogen (secondary N) is 1. The molecule has 1 fully saturated rings. The Hall–Kier alpha value is -3.74. The second-order valence-corrected chi connectivity index (χ2v) is 8.92. The summed E-state index contributed by atoms with van der Waals surface area (Å²) in [5.74, 6) is 0. The molecule has 0 radical (unpaired) electrons. The maximum absolute atomic E-state index is 12.8. The molecule has 4 aromatic rings. The van der Waals surface area contributed by atoms with E-state index in [0.717, 1.165) is 38.6 Å². The fourth-order valence-corrected chi connectivity index (χ4v) is 4.90. The number of nitrogens with zero attached hydrogens (tertiary/aromatic N) is 5. The van der Waals surface area contributed by atoms with Crippen molar-refractivity contribution in [3.05, 3.63) is 59.5 Å². The maximum atomic E-state index is 12.8. The van der Waals surface area contributed by atoms with Crippen molar-refractivity contribution in [1.82, 2.24) is 19.3 Å². The molecule has 1 aliphatic heterocycles. The number of fused-ring (bicyclic) bond motifs is 1. The van der Waals surface area contributed by atoms with Gasteiger partial charge in [-0.05, 0) is 37.6 Å². The van der Waals surface area contributed by atoms with Gasteiger partial charge in [-0.1, -0.05) is 23.5 Å². The Morgan fingerprint density at radius 1 is 1.21 bits per heavy atom. The van der Waals surface area contributed by atoms with E-state index in [9.17, 15) is 10.1 Å². The third kappa shape index (κ3) is 4.06. The van der Waals surface area contributed by atoms with Crippen LogP contribution >= 0.6 is 11.3 Å². The number of thiazole rings is 1. The number of nitriles is 1. The molecule has 1 aliphatic rings. The molecule has 8 nitrogen and oxygen atoms in total. The number of hydrogen-bond donors (Lipinski definition) is 1.